The van der Waals surface area contributed by atoms with E-state index in [4.69, 9.17) is 4.74 Å². The first-order chi connectivity index (χ1) is 17.5. The van der Waals surface area contributed by atoms with Crippen LogP contribution in [0.2, 0.25) is 0 Å². The number of benzene rings is 4. The number of hydrogen-bond acceptors (Lipinski definition) is 4. The predicted octanol–water partition coefficient (Wildman–Crippen LogP) is 6.74. The normalized spacial score (nSPS) is 15.8. The number of aryl methyl sites for hydroxylation is 1. The van der Waals surface area contributed by atoms with Gasteiger partial charge in [-0.2, -0.15) is 0 Å². The molecule has 0 bridgehead atoms. The maximum Gasteiger partial charge on any atom is 0.335 e. The van der Waals surface area contributed by atoms with Gasteiger partial charge in [0.05, 0.1) is 17.8 Å². The molecule has 4 aromatic rings. The van der Waals surface area contributed by atoms with Crippen molar-refractivity contribution in [3.05, 3.63) is 102 Å². The average Bonchev–Trinajstić information content (AvgIpc) is 2.91. The van der Waals surface area contributed by atoms with Crippen molar-refractivity contribution in [3.63, 3.8) is 0 Å². The van der Waals surface area contributed by atoms with Crippen LogP contribution >= 0.6 is 0 Å². The molecule has 5 heteroatoms. The van der Waals surface area contributed by atoms with Gasteiger partial charge < -0.3 is 20.1 Å². The summed E-state index contributed by atoms with van der Waals surface area (Å²) < 4.78 is 6.38. The smallest absolute Gasteiger partial charge is 0.335 e. The van der Waals surface area contributed by atoms with Crippen molar-refractivity contribution in [2.75, 3.05) is 18.0 Å². The van der Waals surface area contributed by atoms with Gasteiger partial charge in [0.25, 0.3) is 0 Å². The summed E-state index contributed by atoms with van der Waals surface area (Å²) in [4.78, 5) is 13.9. The average molecular weight is 481 g/mol. The van der Waals surface area contributed by atoms with Crippen LogP contribution in [0.3, 0.4) is 0 Å². The molecule has 5 rings (SSSR count). The van der Waals surface area contributed by atoms with E-state index >= 15 is 0 Å². The maximum absolute atomic E-state index is 11.6. The minimum absolute atomic E-state index is 0.0105. The maximum atomic E-state index is 11.6. The number of carbonyl (C=O) groups is 1. The molecule has 36 heavy (non-hydrogen) atoms. The van der Waals surface area contributed by atoms with Crippen LogP contribution in [0.25, 0.3) is 10.8 Å². The number of aromatic carboxylic acids is 1. The number of nitrogens with zero attached hydrogens (tertiary/aromatic N) is 1. The fraction of sp³-hybridized carbons (Fsp3) is 0.258. The van der Waals surface area contributed by atoms with Crippen molar-refractivity contribution in [3.8, 4) is 5.75 Å². The Morgan fingerprint density at radius 1 is 1.06 bits per heavy atom. The second-order valence-electron chi connectivity index (χ2n) is 9.35. The number of anilines is 2. The summed E-state index contributed by atoms with van der Waals surface area (Å²) in [6, 6.07) is 28.9. The van der Waals surface area contributed by atoms with Gasteiger partial charge in [-0.15, -0.1) is 0 Å². The lowest BCUT2D eigenvalue weighted by Crippen LogP contribution is -2.39. The number of para-hydroxylation sites is 2. The Morgan fingerprint density at radius 2 is 1.83 bits per heavy atom. The zero-order valence-corrected chi connectivity index (χ0v) is 20.8. The van der Waals surface area contributed by atoms with Crippen LogP contribution in [0, 0.1) is 0 Å². The van der Waals surface area contributed by atoms with Crippen molar-refractivity contribution in [2.45, 2.75) is 38.8 Å². The van der Waals surface area contributed by atoms with Crippen LogP contribution in [0.1, 0.15) is 47.8 Å². The van der Waals surface area contributed by atoms with Crippen molar-refractivity contribution in [2.24, 2.45) is 0 Å². The SMILES string of the molecule is CCc1cc(N2CC(CCN[C@H](C)c3cccc4ccccc34)Oc3ccccc32)ccc1C(=O)O. The predicted molar refractivity (Wildman–Crippen MR) is 146 cm³/mol. The molecule has 0 aliphatic carbocycles. The van der Waals surface area contributed by atoms with E-state index in [-0.39, 0.29) is 12.1 Å². The molecule has 1 heterocycles. The quantitative estimate of drug-likeness (QED) is 0.292. The molecular formula is C31H32N2O3. The minimum Gasteiger partial charge on any atom is -0.486 e. The zero-order chi connectivity index (χ0) is 25.1. The lowest BCUT2D eigenvalue weighted by atomic mass is 9.99. The molecule has 2 N–H and O–H groups in total. The Morgan fingerprint density at radius 3 is 2.67 bits per heavy atom. The first kappa shape index (κ1) is 23.9. The summed E-state index contributed by atoms with van der Waals surface area (Å²) in [6.07, 6.45) is 1.53. The molecule has 2 atom stereocenters. The van der Waals surface area contributed by atoms with E-state index in [0.717, 1.165) is 35.7 Å². The van der Waals surface area contributed by atoms with Gasteiger partial charge in [0.15, 0.2) is 0 Å². The third kappa shape index (κ3) is 4.79. The van der Waals surface area contributed by atoms with Gasteiger partial charge in [0.1, 0.15) is 11.9 Å². The highest BCUT2D eigenvalue weighted by atomic mass is 16.5. The zero-order valence-electron chi connectivity index (χ0n) is 20.8. The fourth-order valence-electron chi connectivity index (χ4n) is 5.14. The Balaban J connectivity index is 1.32. The molecule has 0 saturated heterocycles. The van der Waals surface area contributed by atoms with Crippen LogP contribution in [0.4, 0.5) is 11.4 Å². The number of carboxylic acid groups (broad SMARTS) is 1. The molecule has 0 saturated carbocycles. The number of carboxylic acids is 1. The van der Waals surface area contributed by atoms with Gasteiger partial charge in [-0.25, -0.2) is 4.79 Å². The molecule has 1 aliphatic rings. The van der Waals surface area contributed by atoms with Crippen molar-refractivity contribution in [1.29, 1.82) is 0 Å². The lowest BCUT2D eigenvalue weighted by Gasteiger charge is -2.37. The summed E-state index contributed by atoms with van der Waals surface area (Å²) in [5.74, 6) is -0.0266. The number of ether oxygens (including phenoxy) is 1. The summed E-state index contributed by atoms with van der Waals surface area (Å²) in [7, 11) is 0. The number of fused-ring (bicyclic) bond motifs is 2. The fourth-order valence-corrected chi connectivity index (χ4v) is 5.14. The molecule has 0 amide bonds. The van der Waals surface area contributed by atoms with Gasteiger partial charge >= 0.3 is 5.97 Å². The van der Waals surface area contributed by atoms with E-state index < -0.39 is 5.97 Å². The summed E-state index contributed by atoms with van der Waals surface area (Å²) >= 11 is 0. The standard InChI is InChI=1S/C31H32N2O3/c1-3-22-19-24(15-16-28(22)31(34)35)33-20-25(36-30-14-7-6-13-29(30)33)17-18-32-21(2)26-12-8-10-23-9-4-5-11-27(23)26/h4-16,19,21,25,32H,3,17-18,20H2,1-2H3,(H,34,35)/t21-,25?/m1/s1. The highest BCUT2D eigenvalue weighted by Gasteiger charge is 2.27. The summed E-state index contributed by atoms with van der Waals surface area (Å²) in [6.45, 7) is 5.73. The minimum atomic E-state index is -0.884. The molecular weight excluding hydrogens is 448 g/mol. The topological polar surface area (TPSA) is 61.8 Å². The second-order valence-corrected chi connectivity index (χ2v) is 9.35. The van der Waals surface area contributed by atoms with E-state index in [1.807, 2.05) is 37.3 Å². The van der Waals surface area contributed by atoms with Gasteiger partial charge in [0, 0.05) is 11.7 Å². The molecule has 0 fully saturated rings. The Kier molecular flexibility index (Phi) is 6.92. The Bertz CT molecular complexity index is 1380. The third-order valence-corrected chi connectivity index (χ3v) is 7.05. The van der Waals surface area contributed by atoms with Crippen LogP contribution in [0.15, 0.2) is 84.9 Å². The molecule has 0 spiro atoms. The molecule has 0 aromatic heterocycles. The number of nitrogens with one attached hydrogen (secondary N) is 1. The summed E-state index contributed by atoms with van der Waals surface area (Å²) in [5, 5.41) is 15.8. The first-order valence-electron chi connectivity index (χ1n) is 12.7. The largest absolute Gasteiger partial charge is 0.486 e. The van der Waals surface area contributed by atoms with Gasteiger partial charge in [-0.3, -0.25) is 0 Å². The van der Waals surface area contributed by atoms with E-state index in [2.05, 4.69) is 65.7 Å². The van der Waals surface area contributed by atoms with Crippen molar-refractivity contribution in [1.82, 2.24) is 5.32 Å². The number of rotatable bonds is 8. The molecule has 184 valence electrons. The molecule has 5 nitrogen and oxygen atoms in total. The summed E-state index contributed by atoms with van der Waals surface area (Å²) in [5.41, 5.74) is 4.51. The third-order valence-electron chi connectivity index (χ3n) is 7.05. The number of hydrogen-bond donors (Lipinski definition) is 2. The van der Waals surface area contributed by atoms with Crippen LogP contribution in [-0.2, 0) is 6.42 Å². The van der Waals surface area contributed by atoms with E-state index in [1.54, 1.807) is 6.07 Å². The molecule has 0 radical (unpaired) electrons. The Hall–Kier alpha value is -3.83. The second kappa shape index (κ2) is 10.4. The van der Waals surface area contributed by atoms with Crippen LogP contribution in [0.5, 0.6) is 5.75 Å². The van der Waals surface area contributed by atoms with E-state index in [0.29, 0.717) is 18.5 Å². The van der Waals surface area contributed by atoms with Gasteiger partial charge in [-0.1, -0.05) is 61.5 Å². The van der Waals surface area contributed by atoms with E-state index in [1.165, 1.54) is 16.3 Å². The first-order valence-corrected chi connectivity index (χ1v) is 12.7. The van der Waals surface area contributed by atoms with Gasteiger partial charge in [0.2, 0.25) is 0 Å². The van der Waals surface area contributed by atoms with Crippen molar-refractivity contribution < 1.29 is 14.6 Å². The highest BCUT2D eigenvalue weighted by Crippen LogP contribution is 2.39. The van der Waals surface area contributed by atoms with Gasteiger partial charge in [-0.05, 0) is 78.5 Å². The van der Waals surface area contributed by atoms with Crippen LogP contribution < -0.4 is 15.0 Å². The van der Waals surface area contributed by atoms with Crippen LogP contribution in [-0.4, -0.2) is 30.3 Å². The van der Waals surface area contributed by atoms with E-state index in [9.17, 15) is 9.90 Å². The Labute approximate surface area is 212 Å². The molecule has 1 aliphatic heterocycles. The monoisotopic (exact) mass is 480 g/mol. The molecule has 1 unspecified atom stereocenters. The molecule has 4 aromatic carbocycles. The highest BCUT2D eigenvalue weighted by molar-refractivity contribution is 5.90. The van der Waals surface area contributed by atoms with Crippen molar-refractivity contribution >= 4 is 28.1 Å². The lowest BCUT2D eigenvalue weighted by molar-refractivity contribution is 0.0695.